The lowest BCUT2D eigenvalue weighted by Crippen LogP contribution is -2.15. The number of hydrogen-bond acceptors (Lipinski definition) is 1. The minimum atomic E-state index is -4.20. The zero-order valence-corrected chi connectivity index (χ0v) is 18.6. The molecule has 0 amide bonds. The van der Waals surface area contributed by atoms with E-state index in [-0.39, 0.29) is 5.92 Å². The monoisotopic (exact) mass is 396 g/mol. The highest BCUT2D eigenvalue weighted by Gasteiger charge is 2.37. The van der Waals surface area contributed by atoms with Crippen LogP contribution in [0.15, 0.2) is 24.3 Å². The summed E-state index contributed by atoms with van der Waals surface area (Å²) in [6.45, 7) is 6.42. The average Bonchev–Trinajstić information content (AvgIpc) is 2.64. The normalized spacial score (nSPS) is 14.3. The molecular weight excluding hydrogens is 355 g/mol. The van der Waals surface area contributed by atoms with Crippen LogP contribution in [-0.4, -0.2) is 9.79 Å². The lowest BCUT2D eigenvalue weighted by atomic mass is 9.88. The second kappa shape index (κ2) is 13.5. The van der Waals surface area contributed by atoms with Crippen molar-refractivity contribution in [3.63, 3.8) is 0 Å². The summed E-state index contributed by atoms with van der Waals surface area (Å²) >= 11 is 0. The van der Waals surface area contributed by atoms with Gasteiger partial charge in [-0.2, -0.15) is 0 Å². The second-order valence-electron chi connectivity index (χ2n) is 7.91. The van der Waals surface area contributed by atoms with Crippen molar-refractivity contribution in [3.05, 3.63) is 35.4 Å². The third-order valence-electron chi connectivity index (χ3n) is 5.69. The van der Waals surface area contributed by atoms with Gasteiger partial charge < -0.3 is 9.79 Å². The van der Waals surface area contributed by atoms with Crippen LogP contribution >= 0.6 is 7.60 Å². The van der Waals surface area contributed by atoms with Gasteiger partial charge in [0.15, 0.2) is 0 Å². The fourth-order valence-electron chi connectivity index (χ4n) is 4.08. The SMILES string of the molecule is CCCCCCCCCc1ccccc1C(C(CC)CCCC)P(=O)(O)O. The van der Waals surface area contributed by atoms with Crippen LogP contribution in [-0.2, 0) is 11.0 Å². The highest BCUT2D eigenvalue weighted by molar-refractivity contribution is 7.52. The maximum Gasteiger partial charge on any atom is 0.333 e. The third kappa shape index (κ3) is 8.94. The molecule has 0 spiro atoms. The maximum atomic E-state index is 12.4. The summed E-state index contributed by atoms with van der Waals surface area (Å²) in [7, 11) is -4.20. The molecule has 0 saturated heterocycles. The largest absolute Gasteiger partial charge is 0.333 e. The van der Waals surface area contributed by atoms with E-state index in [2.05, 4.69) is 26.8 Å². The van der Waals surface area contributed by atoms with Gasteiger partial charge >= 0.3 is 7.60 Å². The van der Waals surface area contributed by atoms with Crippen LogP contribution in [0.4, 0.5) is 0 Å². The molecule has 1 rings (SSSR count). The molecule has 0 aromatic heterocycles. The summed E-state index contributed by atoms with van der Waals surface area (Å²) in [6.07, 6.45) is 13.5. The van der Waals surface area contributed by atoms with E-state index in [9.17, 15) is 14.4 Å². The lowest BCUT2D eigenvalue weighted by Gasteiger charge is -2.29. The van der Waals surface area contributed by atoms with Gasteiger partial charge in [0.1, 0.15) is 0 Å². The van der Waals surface area contributed by atoms with Gasteiger partial charge in [-0.25, -0.2) is 0 Å². The van der Waals surface area contributed by atoms with Crippen LogP contribution in [0.2, 0.25) is 0 Å². The van der Waals surface area contributed by atoms with E-state index in [0.717, 1.165) is 49.7 Å². The quantitative estimate of drug-likeness (QED) is 0.240. The van der Waals surface area contributed by atoms with E-state index in [4.69, 9.17) is 0 Å². The van der Waals surface area contributed by atoms with Crippen molar-refractivity contribution >= 4 is 7.60 Å². The Morgan fingerprint density at radius 1 is 0.852 bits per heavy atom. The van der Waals surface area contributed by atoms with Crippen molar-refractivity contribution in [3.8, 4) is 0 Å². The Balaban J connectivity index is 2.83. The molecule has 27 heavy (non-hydrogen) atoms. The molecule has 0 bridgehead atoms. The average molecular weight is 397 g/mol. The van der Waals surface area contributed by atoms with Crippen molar-refractivity contribution in [1.82, 2.24) is 0 Å². The van der Waals surface area contributed by atoms with Crippen molar-refractivity contribution in [2.24, 2.45) is 5.92 Å². The zero-order chi connectivity index (χ0) is 20.1. The van der Waals surface area contributed by atoms with Gasteiger partial charge in [-0.05, 0) is 36.3 Å². The molecule has 0 heterocycles. The molecule has 1 aromatic carbocycles. The van der Waals surface area contributed by atoms with Crippen LogP contribution in [0, 0.1) is 5.92 Å². The molecule has 2 unspecified atom stereocenters. The number of benzene rings is 1. The third-order valence-corrected chi connectivity index (χ3v) is 7.11. The Bertz CT molecular complexity index is 552. The first kappa shape index (κ1) is 24.4. The van der Waals surface area contributed by atoms with Crippen molar-refractivity contribution in [2.75, 3.05) is 0 Å². The number of aryl methyl sites for hydroxylation is 1. The Hall–Kier alpha value is -0.630. The van der Waals surface area contributed by atoms with Gasteiger partial charge in [0.2, 0.25) is 0 Å². The van der Waals surface area contributed by atoms with E-state index in [1.165, 1.54) is 38.5 Å². The highest BCUT2D eigenvalue weighted by atomic mass is 31.2. The Kier molecular flexibility index (Phi) is 12.2. The fraction of sp³-hybridized carbons (Fsp3) is 0.739. The van der Waals surface area contributed by atoms with Gasteiger partial charge in [0, 0.05) is 0 Å². The minimum Gasteiger partial charge on any atom is -0.324 e. The molecule has 3 nitrogen and oxygen atoms in total. The predicted octanol–water partition coefficient (Wildman–Crippen LogP) is 7.41. The Labute approximate surface area is 167 Å². The molecule has 0 aliphatic heterocycles. The fourth-order valence-corrected chi connectivity index (χ4v) is 5.61. The summed E-state index contributed by atoms with van der Waals surface area (Å²) in [6, 6.07) is 7.96. The first-order valence-corrected chi connectivity index (χ1v) is 12.8. The van der Waals surface area contributed by atoms with Crippen LogP contribution in [0.5, 0.6) is 0 Å². The van der Waals surface area contributed by atoms with Crippen LogP contribution in [0.3, 0.4) is 0 Å². The molecule has 0 radical (unpaired) electrons. The molecule has 0 aliphatic rings. The van der Waals surface area contributed by atoms with Gasteiger partial charge in [0.25, 0.3) is 0 Å². The van der Waals surface area contributed by atoms with Gasteiger partial charge in [-0.3, -0.25) is 4.57 Å². The summed E-state index contributed by atoms with van der Waals surface area (Å²) in [5.74, 6) is 0.0426. The minimum absolute atomic E-state index is 0.0426. The summed E-state index contributed by atoms with van der Waals surface area (Å²) in [5.41, 5.74) is 1.36. The molecule has 0 fully saturated rings. The van der Waals surface area contributed by atoms with Crippen LogP contribution in [0.1, 0.15) is 108 Å². The van der Waals surface area contributed by atoms with Gasteiger partial charge in [-0.1, -0.05) is 103 Å². The predicted molar refractivity (Wildman–Crippen MR) is 116 cm³/mol. The molecule has 2 N–H and O–H groups in total. The topological polar surface area (TPSA) is 57.5 Å². The Morgan fingerprint density at radius 3 is 2.04 bits per heavy atom. The molecule has 0 saturated carbocycles. The van der Waals surface area contributed by atoms with Crippen molar-refractivity contribution in [2.45, 2.75) is 103 Å². The van der Waals surface area contributed by atoms with Gasteiger partial charge in [0.05, 0.1) is 5.66 Å². The van der Waals surface area contributed by atoms with E-state index >= 15 is 0 Å². The molecule has 0 aliphatic carbocycles. The molecule has 4 heteroatoms. The Morgan fingerprint density at radius 2 is 1.44 bits per heavy atom. The smallest absolute Gasteiger partial charge is 0.324 e. The first-order chi connectivity index (χ1) is 13.0. The first-order valence-electron chi connectivity index (χ1n) is 11.1. The van der Waals surface area contributed by atoms with Crippen LogP contribution < -0.4 is 0 Å². The number of hydrogen-bond donors (Lipinski definition) is 2. The number of unbranched alkanes of at least 4 members (excludes halogenated alkanes) is 7. The molecule has 2 atom stereocenters. The van der Waals surface area contributed by atoms with E-state index < -0.39 is 13.3 Å². The van der Waals surface area contributed by atoms with Crippen LogP contribution in [0.25, 0.3) is 0 Å². The summed E-state index contributed by atoms with van der Waals surface area (Å²) in [4.78, 5) is 20.3. The number of rotatable bonds is 15. The van der Waals surface area contributed by atoms with Crippen molar-refractivity contribution in [1.29, 1.82) is 0 Å². The summed E-state index contributed by atoms with van der Waals surface area (Å²) in [5, 5.41) is 0. The summed E-state index contributed by atoms with van der Waals surface area (Å²) < 4.78 is 12.4. The van der Waals surface area contributed by atoms with E-state index in [1.807, 2.05) is 18.2 Å². The maximum absolute atomic E-state index is 12.4. The van der Waals surface area contributed by atoms with Crippen molar-refractivity contribution < 1.29 is 14.4 Å². The second-order valence-corrected chi connectivity index (χ2v) is 9.65. The van der Waals surface area contributed by atoms with E-state index in [0.29, 0.717) is 0 Å². The molecule has 156 valence electrons. The zero-order valence-electron chi connectivity index (χ0n) is 17.7. The molecular formula is C23H41O3P. The standard InChI is InChI=1S/C23H41O3P/c1-4-7-9-10-11-12-13-17-21-18-14-15-19-22(21)23(27(24,25)26)20(6-3)16-8-5-2/h14-15,18-20,23H,4-13,16-17H2,1-3H3,(H2,24,25,26). The van der Waals surface area contributed by atoms with E-state index in [1.54, 1.807) is 0 Å². The lowest BCUT2D eigenvalue weighted by molar-refractivity contribution is 0.320. The highest BCUT2D eigenvalue weighted by Crippen LogP contribution is 2.58. The van der Waals surface area contributed by atoms with Gasteiger partial charge in [-0.15, -0.1) is 0 Å². The molecule has 1 aromatic rings.